The van der Waals surface area contributed by atoms with Crippen molar-refractivity contribution in [2.75, 3.05) is 0 Å². The highest BCUT2D eigenvalue weighted by Gasteiger charge is 2.23. The number of unbranched alkanes of at least 4 members (excludes halogenated alkanes) is 1. The van der Waals surface area contributed by atoms with Gasteiger partial charge in [-0.05, 0) is 27.2 Å². The fourth-order valence-corrected chi connectivity index (χ4v) is 3.14. The van der Waals surface area contributed by atoms with Gasteiger partial charge in [0.05, 0.1) is 6.04 Å². The van der Waals surface area contributed by atoms with E-state index in [4.69, 9.17) is 0 Å². The minimum absolute atomic E-state index is 0.240. The molecule has 0 bridgehead atoms. The number of ketones is 1. The van der Waals surface area contributed by atoms with E-state index in [1.54, 1.807) is 18.4 Å². The van der Waals surface area contributed by atoms with Crippen molar-refractivity contribution in [3.8, 4) is 0 Å². The Balaban J connectivity index is 2.42. The zero-order valence-electron chi connectivity index (χ0n) is 15.2. The van der Waals surface area contributed by atoms with E-state index in [9.17, 15) is 14.4 Å². The predicted molar refractivity (Wildman–Crippen MR) is 95.2 cm³/mol. The lowest BCUT2D eigenvalue weighted by Gasteiger charge is -2.12. The zero-order valence-corrected chi connectivity index (χ0v) is 15.2. The summed E-state index contributed by atoms with van der Waals surface area (Å²) < 4.78 is 6.12. The lowest BCUT2D eigenvalue weighted by Crippen LogP contribution is -2.42. The minimum atomic E-state index is -0.815. The fourth-order valence-electron chi connectivity index (χ4n) is 3.14. The maximum atomic E-state index is 13.0. The second kappa shape index (κ2) is 6.02. The van der Waals surface area contributed by atoms with E-state index in [0.29, 0.717) is 16.9 Å². The number of fused-ring (bicyclic) bond motifs is 3. The first-order valence-electron chi connectivity index (χ1n) is 8.49. The molecular weight excluding hydrogens is 322 g/mol. The molecular formula is C17H23N5O3. The first-order valence-corrected chi connectivity index (χ1v) is 8.49. The maximum Gasteiger partial charge on any atom is 0.333 e. The first kappa shape index (κ1) is 17.2. The third-order valence-electron chi connectivity index (χ3n) is 4.80. The summed E-state index contributed by atoms with van der Waals surface area (Å²) >= 11 is 0. The van der Waals surface area contributed by atoms with Crippen molar-refractivity contribution in [2.45, 2.75) is 53.1 Å². The minimum Gasteiger partial charge on any atom is -0.314 e. The normalized spacial score (nSPS) is 13.0. The SMILES string of the molecule is CCCCn1c(C)cn2c3c(=O)n([C@H](C)C(C)=O)c(=O)n(C)c3nc12. The highest BCUT2D eigenvalue weighted by molar-refractivity contribution is 5.80. The largest absolute Gasteiger partial charge is 0.333 e. The van der Waals surface area contributed by atoms with Gasteiger partial charge in [0.1, 0.15) is 0 Å². The predicted octanol–water partition coefficient (Wildman–Crippen LogP) is 1.41. The molecule has 8 nitrogen and oxygen atoms in total. The van der Waals surface area contributed by atoms with Crippen LogP contribution in [0, 0.1) is 6.92 Å². The number of imidazole rings is 2. The molecule has 0 aromatic carbocycles. The van der Waals surface area contributed by atoms with Crippen LogP contribution < -0.4 is 11.2 Å². The van der Waals surface area contributed by atoms with E-state index in [-0.39, 0.29) is 5.78 Å². The third-order valence-corrected chi connectivity index (χ3v) is 4.80. The number of aryl methyl sites for hydroxylation is 3. The number of carbonyl (C=O) groups excluding carboxylic acids is 1. The van der Waals surface area contributed by atoms with Crippen LogP contribution in [0.15, 0.2) is 15.8 Å². The molecule has 0 saturated heterocycles. The maximum absolute atomic E-state index is 13.0. The second-order valence-electron chi connectivity index (χ2n) is 6.53. The molecule has 8 heteroatoms. The molecule has 0 saturated carbocycles. The van der Waals surface area contributed by atoms with Gasteiger partial charge in [-0.3, -0.25) is 18.6 Å². The Morgan fingerprint density at radius 3 is 2.60 bits per heavy atom. The van der Waals surface area contributed by atoms with Crippen LogP contribution in [-0.4, -0.2) is 28.9 Å². The van der Waals surface area contributed by atoms with Crippen LogP contribution >= 0.6 is 0 Å². The summed E-state index contributed by atoms with van der Waals surface area (Å²) in [5, 5.41) is 0. The van der Waals surface area contributed by atoms with Gasteiger partial charge in [-0.15, -0.1) is 0 Å². The molecule has 3 aromatic rings. The van der Waals surface area contributed by atoms with Gasteiger partial charge in [0.25, 0.3) is 5.56 Å². The summed E-state index contributed by atoms with van der Waals surface area (Å²) in [5.41, 5.74) is 0.641. The molecule has 3 heterocycles. The molecule has 134 valence electrons. The van der Waals surface area contributed by atoms with E-state index < -0.39 is 17.3 Å². The number of rotatable bonds is 5. The molecule has 0 unspecified atom stereocenters. The van der Waals surface area contributed by atoms with E-state index in [0.717, 1.165) is 29.6 Å². The van der Waals surface area contributed by atoms with Crippen LogP contribution in [0.4, 0.5) is 0 Å². The van der Waals surface area contributed by atoms with E-state index >= 15 is 0 Å². The Hall–Kier alpha value is -2.64. The second-order valence-corrected chi connectivity index (χ2v) is 6.53. The molecule has 0 fully saturated rings. The molecule has 1 atom stereocenters. The van der Waals surface area contributed by atoms with Crippen LogP contribution in [-0.2, 0) is 18.4 Å². The summed E-state index contributed by atoms with van der Waals surface area (Å²) in [6, 6.07) is -0.815. The average molecular weight is 345 g/mol. The lowest BCUT2D eigenvalue weighted by molar-refractivity contribution is -0.119. The smallest absolute Gasteiger partial charge is 0.314 e. The Morgan fingerprint density at radius 1 is 1.32 bits per heavy atom. The molecule has 0 radical (unpaired) electrons. The standard InChI is InChI=1S/C17H23N5O3/c1-6-7-8-20-10(2)9-21-13-14(18-16(20)21)19(5)17(25)22(15(13)24)11(3)12(4)23/h9,11H,6-8H2,1-5H3/t11-/m1/s1. The average Bonchev–Trinajstić information content (AvgIpc) is 3.06. The fraction of sp³-hybridized carbons (Fsp3) is 0.529. The Morgan fingerprint density at radius 2 is 2.00 bits per heavy atom. The van der Waals surface area contributed by atoms with Gasteiger partial charge in [0.15, 0.2) is 16.9 Å². The molecule has 0 spiro atoms. The van der Waals surface area contributed by atoms with Crippen LogP contribution in [0.5, 0.6) is 0 Å². The molecule has 0 N–H and O–H groups in total. The Labute approximate surface area is 144 Å². The number of hydrogen-bond acceptors (Lipinski definition) is 4. The third kappa shape index (κ3) is 2.43. The van der Waals surface area contributed by atoms with Gasteiger partial charge in [0.2, 0.25) is 5.78 Å². The summed E-state index contributed by atoms with van der Waals surface area (Å²) in [6.07, 6.45) is 3.90. The lowest BCUT2D eigenvalue weighted by atomic mass is 10.2. The zero-order chi connectivity index (χ0) is 18.5. The van der Waals surface area contributed by atoms with E-state index in [2.05, 4.69) is 11.9 Å². The molecule has 0 aliphatic carbocycles. The highest BCUT2D eigenvalue weighted by atomic mass is 16.2. The monoisotopic (exact) mass is 345 g/mol. The molecule has 0 amide bonds. The summed E-state index contributed by atoms with van der Waals surface area (Å²) in [5.74, 6) is 0.400. The highest BCUT2D eigenvalue weighted by Crippen LogP contribution is 2.17. The van der Waals surface area contributed by atoms with Crippen molar-refractivity contribution in [3.05, 3.63) is 32.7 Å². The van der Waals surface area contributed by atoms with Gasteiger partial charge in [-0.1, -0.05) is 13.3 Å². The van der Waals surface area contributed by atoms with Crippen molar-refractivity contribution in [1.82, 2.24) is 23.1 Å². The van der Waals surface area contributed by atoms with Gasteiger partial charge >= 0.3 is 5.69 Å². The van der Waals surface area contributed by atoms with Crippen LogP contribution in [0.3, 0.4) is 0 Å². The number of carbonyl (C=O) groups is 1. The van der Waals surface area contributed by atoms with Gasteiger partial charge in [-0.2, -0.15) is 4.98 Å². The van der Waals surface area contributed by atoms with Gasteiger partial charge in [0, 0.05) is 25.5 Å². The quantitative estimate of drug-likeness (QED) is 0.700. The Kier molecular flexibility index (Phi) is 4.14. The number of aromatic nitrogens is 5. The molecule has 0 aliphatic rings. The molecule has 0 aliphatic heterocycles. The number of Topliss-reactive ketones (excluding diaryl/α,β-unsaturated/α-hetero) is 1. The van der Waals surface area contributed by atoms with Gasteiger partial charge < -0.3 is 4.57 Å². The summed E-state index contributed by atoms with van der Waals surface area (Å²) in [6.45, 7) is 7.82. The van der Waals surface area contributed by atoms with Crippen molar-refractivity contribution in [2.24, 2.45) is 7.05 Å². The molecule has 3 aromatic heterocycles. The van der Waals surface area contributed by atoms with Crippen molar-refractivity contribution in [3.63, 3.8) is 0 Å². The molecule has 3 rings (SSSR count). The van der Waals surface area contributed by atoms with Crippen LogP contribution in [0.2, 0.25) is 0 Å². The first-order chi connectivity index (χ1) is 11.8. The summed E-state index contributed by atoms with van der Waals surface area (Å²) in [7, 11) is 1.57. The topological polar surface area (TPSA) is 83.3 Å². The summed E-state index contributed by atoms with van der Waals surface area (Å²) in [4.78, 5) is 41.9. The van der Waals surface area contributed by atoms with E-state index in [1.165, 1.54) is 11.5 Å². The van der Waals surface area contributed by atoms with Crippen molar-refractivity contribution in [1.29, 1.82) is 0 Å². The van der Waals surface area contributed by atoms with Crippen LogP contribution in [0.1, 0.15) is 45.3 Å². The Bertz CT molecular complexity index is 1100. The van der Waals surface area contributed by atoms with Crippen molar-refractivity contribution < 1.29 is 4.79 Å². The number of hydrogen-bond donors (Lipinski definition) is 0. The molecule has 25 heavy (non-hydrogen) atoms. The van der Waals surface area contributed by atoms with Crippen molar-refractivity contribution >= 4 is 22.7 Å². The van der Waals surface area contributed by atoms with Crippen LogP contribution in [0.25, 0.3) is 16.9 Å². The van der Waals surface area contributed by atoms with Gasteiger partial charge in [-0.25, -0.2) is 9.36 Å². The number of nitrogens with zero attached hydrogens (tertiary/aromatic N) is 5. The van der Waals surface area contributed by atoms with E-state index in [1.807, 2.05) is 17.7 Å².